The molecule has 6 aliphatic rings. The zero-order valence-electron chi connectivity index (χ0n) is 30.5. The standard InChI is InChI=1S/3C13H23NS2.Zr/c3*15-13(16)14(11-7-3-1-4-8-11)12-9-5-2-6-10-12;/h3*11-12H,1-10H2,(H,15,16);/q;;;+3/p-3. The Morgan fingerprint density at radius 3 is 0.510 bits per heavy atom. The van der Waals surface area contributed by atoms with Crippen molar-refractivity contribution in [3.8, 4) is 0 Å². The first-order valence-corrected chi connectivity index (χ1v) is 22.8. The summed E-state index contributed by atoms with van der Waals surface area (Å²) in [4.78, 5) is 7.30. The molecule has 0 heterocycles. The maximum absolute atomic E-state index is 5.32. The van der Waals surface area contributed by atoms with Crippen molar-refractivity contribution in [1.82, 2.24) is 14.7 Å². The zero-order valence-corrected chi connectivity index (χ0v) is 37.8. The second kappa shape index (κ2) is 25.3. The summed E-state index contributed by atoms with van der Waals surface area (Å²) in [7, 11) is 0. The van der Waals surface area contributed by atoms with E-state index in [1.807, 2.05) is 0 Å². The zero-order chi connectivity index (χ0) is 34.1. The SMILES string of the molecule is S=C([S-])N(C1CCCCC1)C1CCCCC1.S=C([S-])N(C1CCCCC1)C1CCCCC1.S=C([S-])N(C1CCCCC1)C1CCCCC1.[Zr+3]. The van der Waals surface area contributed by atoms with E-state index in [4.69, 9.17) is 74.5 Å². The van der Waals surface area contributed by atoms with Crippen LogP contribution in [0.25, 0.3) is 0 Å². The molecule has 0 amide bonds. The van der Waals surface area contributed by atoms with E-state index in [1.54, 1.807) is 0 Å². The average Bonchev–Trinajstić information content (AvgIpc) is 3.12. The molecule has 3 nitrogen and oxygen atoms in total. The van der Waals surface area contributed by atoms with Gasteiger partial charge in [-0.15, -0.1) is 0 Å². The normalized spacial score (nSPS) is 23.8. The van der Waals surface area contributed by atoms with E-state index in [1.165, 1.54) is 193 Å². The predicted octanol–water partition coefficient (Wildman–Crippen LogP) is 11.4. The molecule has 10 heteroatoms. The third kappa shape index (κ3) is 15.1. The van der Waals surface area contributed by atoms with Crippen molar-refractivity contribution in [3.05, 3.63) is 0 Å². The molecule has 0 aromatic heterocycles. The Labute approximate surface area is 354 Å². The topological polar surface area (TPSA) is 9.72 Å². The van der Waals surface area contributed by atoms with Crippen LogP contribution >= 0.6 is 36.7 Å². The summed E-state index contributed by atoms with van der Waals surface area (Å²) in [5.41, 5.74) is 0. The minimum atomic E-state index is 0. The van der Waals surface area contributed by atoms with Crippen molar-refractivity contribution in [3.63, 3.8) is 0 Å². The largest absolute Gasteiger partial charge is 3.00 e. The van der Waals surface area contributed by atoms with Gasteiger partial charge < -0.3 is 89.2 Å². The first kappa shape index (κ1) is 44.6. The van der Waals surface area contributed by atoms with Gasteiger partial charge in [0.2, 0.25) is 0 Å². The molecule has 49 heavy (non-hydrogen) atoms. The molecule has 1 radical (unpaired) electrons. The van der Waals surface area contributed by atoms with Gasteiger partial charge in [0, 0.05) is 36.3 Å². The molecule has 6 saturated carbocycles. The van der Waals surface area contributed by atoms with Gasteiger partial charge in [0.1, 0.15) is 0 Å². The van der Waals surface area contributed by atoms with Gasteiger partial charge in [0.05, 0.1) is 0 Å². The molecule has 0 spiro atoms. The van der Waals surface area contributed by atoms with Gasteiger partial charge in [-0.2, -0.15) is 0 Å². The van der Waals surface area contributed by atoms with Crippen LogP contribution in [0.3, 0.4) is 0 Å². The number of hydrogen-bond acceptors (Lipinski definition) is 6. The number of rotatable bonds is 6. The molecule has 0 saturated heterocycles. The molecule has 0 aromatic carbocycles. The molecule has 6 rings (SSSR count). The van der Waals surface area contributed by atoms with Gasteiger partial charge in [-0.25, -0.2) is 0 Å². The monoisotopic (exact) mass is 858 g/mol. The molecular formula is C39H66N3S6Zr. The van der Waals surface area contributed by atoms with Gasteiger partial charge in [0.25, 0.3) is 0 Å². The second-order valence-corrected chi connectivity index (χ2v) is 18.9. The summed E-state index contributed by atoms with van der Waals surface area (Å²) in [6.07, 6.45) is 40.6. The van der Waals surface area contributed by atoms with Crippen molar-refractivity contribution in [2.24, 2.45) is 0 Å². The van der Waals surface area contributed by atoms with Crippen molar-refractivity contribution in [2.45, 2.75) is 229 Å². The number of hydrogen-bond donors (Lipinski definition) is 0. The molecule has 0 bridgehead atoms. The van der Waals surface area contributed by atoms with E-state index in [-0.39, 0.29) is 26.2 Å². The van der Waals surface area contributed by atoms with Crippen LogP contribution in [0, 0.1) is 0 Å². The minimum Gasteiger partial charge on any atom is -0.411 e. The van der Waals surface area contributed by atoms with Gasteiger partial charge in [-0.05, 0) is 77.0 Å². The van der Waals surface area contributed by atoms with Crippen LogP contribution in [0.1, 0.15) is 193 Å². The van der Waals surface area contributed by atoms with Crippen molar-refractivity contribution < 1.29 is 26.2 Å². The summed E-state index contributed by atoms with van der Waals surface area (Å²) >= 11 is 31.9. The summed E-state index contributed by atoms with van der Waals surface area (Å²) in [6.45, 7) is 0. The van der Waals surface area contributed by atoms with Gasteiger partial charge in [0.15, 0.2) is 0 Å². The fourth-order valence-corrected chi connectivity index (χ4v) is 11.7. The fourth-order valence-electron chi connectivity index (χ4n) is 9.94. The van der Waals surface area contributed by atoms with Crippen LogP contribution in [0.2, 0.25) is 0 Å². The van der Waals surface area contributed by atoms with Crippen molar-refractivity contribution in [2.75, 3.05) is 0 Å². The molecule has 6 fully saturated rings. The molecule has 0 aromatic rings. The van der Waals surface area contributed by atoms with E-state index in [9.17, 15) is 0 Å². The van der Waals surface area contributed by atoms with E-state index < -0.39 is 0 Å². The van der Waals surface area contributed by atoms with E-state index in [2.05, 4.69) is 14.7 Å². The maximum Gasteiger partial charge on any atom is 3.00 e. The Morgan fingerprint density at radius 1 is 0.286 bits per heavy atom. The smallest absolute Gasteiger partial charge is 0.411 e. The molecule has 6 aliphatic carbocycles. The quantitative estimate of drug-likeness (QED) is 0.189. The van der Waals surface area contributed by atoms with E-state index >= 15 is 0 Å². The fraction of sp³-hybridized carbons (Fsp3) is 0.923. The Kier molecular flexibility index (Phi) is 23.1. The van der Waals surface area contributed by atoms with E-state index in [0.29, 0.717) is 36.3 Å². The molecule has 0 unspecified atom stereocenters. The number of nitrogens with zero attached hydrogens (tertiary/aromatic N) is 3. The van der Waals surface area contributed by atoms with Crippen LogP contribution < -0.4 is 0 Å². The molecular weight excluding hydrogens is 794 g/mol. The van der Waals surface area contributed by atoms with E-state index in [0.717, 1.165) is 13.0 Å². The van der Waals surface area contributed by atoms with Crippen LogP contribution in [0.4, 0.5) is 0 Å². The molecule has 277 valence electrons. The van der Waals surface area contributed by atoms with Crippen LogP contribution in [-0.4, -0.2) is 63.9 Å². The Balaban J connectivity index is 0.000000197. The maximum atomic E-state index is 5.32. The van der Waals surface area contributed by atoms with Crippen molar-refractivity contribution >= 4 is 87.5 Å². The van der Waals surface area contributed by atoms with Crippen LogP contribution in [-0.2, 0) is 64.1 Å². The Bertz CT molecular complexity index is 762. The third-order valence-electron chi connectivity index (χ3n) is 12.4. The first-order chi connectivity index (χ1) is 23.4. The van der Waals surface area contributed by atoms with Crippen molar-refractivity contribution in [1.29, 1.82) is 0 Å². The summed E-state index contributed by atoms with van der Waals surface area (Å²) in [5.74, 6) is 0. The Hall–Kier alpha value is 1.21. The van der Waals surface area contributed by atoms with Crippen LogP contribution in [0.15, 0.2) is 0 Å². The Morgan fingerprint density at radius 2 is 0.408 bits per heavy atom. The van der Waals surface area contributed by atoms with Gasteiger partial charge in [-0.1, -0.05) is 129 Å². The number of thiocarbonyl (C=S) groups is 3. The van der Waals surface area contributed by atoms with Crippen LogP contribution in [0.5, 0.6) is 0 Å². The van der Waals surface area contributed by atoms with Gasteiger partial charge >= 0.3 is 26.2 Å². The third-order valence-corrected chi connectivity index (χ3v) is 13.7. The minimum absolute atomic E-state index is 0. The molecule has 0 atom stereocenters. The second-order valence-electron chi connectivity index (χ2n) is 15.8. The van der Waals surface area contributed by atoms with Gasteiger partial charge in [-0.3, -0.25) is 0 Å². The molecule has 0 aliphatic heterocycles. The predicted molar refractivity (Wildman–Crippen MR) is 227 cm³/mol. The summed E-state index contributed by atoms with van der Waals surface area (Å²) < 4.78 is 2.20. The average molecular weight is 861 g/mol. The summed E-state index contributed by atoms with van der Waals surface area (Å²) in [5, 5.41) is 0. The molecule has 0 N–H and O–H groups in total. The first-order valence-electron chi connectivity index (χ1n) is 20.3. The summed E-state index contributed by atoms with van der Waals surface area (Å²) in [6, 6.07) is 4.01.